The van der Waals surface area contributed by atoms with Gasteiger partial charge in [-0.3, -0.25) is 10.1 Å². The largest absolute Gasteiger partial charge is 0.490 e. The van der Waals surface area contributed by atoms with Crippen LogP contribution in [0.15, 0.2) is 42.5 Å². The molecule has 0 saturated carbocycles. The van der Waals surface area contributed by atoms with Gasteiger partial charge in [-0.05, 0) is 29.5 Å². The standard InChI is InChI=1S/C23H29NO4S/c1-15-8-7-10-17(23(2,3)4)20(15)28-13-12-27-19-11-6-5-9-16(19)21-24-18(14-29-21)22(25)26/h5-11,18,21,24H,12-14H2,1-4H3,(H,25,26). The van der Waals surface area contributed by atoms with Crippen molar-refractivity contribution in [3.05, 3.63) is 59.2 Å². The smallest absolute Gasteiger partial charge is 0.321 e. The van der Waals surface area contributed by atoms with Gasteiger partial charge in [-0.15, -0.1) is 11.8 Å². The normalized spacial score (nSPS) is 19.2. The van der Waals surface area contributed by atoms with E-state index >= 15 is 0 Å². The summed E-state index contributed by atoms with van der Waals surface area (Å²) in [4.78, 5) is 11.2. The molecule has 1 heterocycles. The molecule has 6 heteroatoms. The Kier molecular flexibility index (Phi) is 6.75. The number of aryl methyl sites for hydroxylation is 1. The van der Waals surface area contributed by atoms with E-state index in [0.29, 0.717) is 19.0 Å². The molecule has 29 heavy (non-hydrogen) atoms. The Balaban J connectivity index is 1.62. The lowest BCUT2D eigenvalue weighted by atomic mass is 9.85. The highest BCUT2D eigenvalue weighted by molar-refractivity contribution is 7.99. The molecule has 0 aromatic heterocycles. The second-order valence-electron chi connectivity index (χ2n) is 8.21. The number of aliphatic carboxylic acids is 1. The molecule has 1 fully saturated rings. The summed E-state index contributed by atoms with van der Waals surface area (Å²) < 4.78 is 12.1. The Bertz CT molecular complexity index is 862. The van der Waals surface area contributed by atoms with Crippen molar-refractivity contribution in [3.63, 3.8) is 0 Å². The van der Waals surface area contributed by atoms with Gasteiger partial charge in [0.15, 0.2) is 0 Å². The van der Waals surface area contributed by atoms with E-state index in [1.165, 1.54) is 5.56 Å². The molecule has 0 amide bonds. The van der Waals surface area contributed by atoms with Crippen molar-refractivity contribution in [1.82, 2.24) is 5.32 Å². The van der Waals surface area contributed by atoms with E-state index < -0.39 is 12.0 Å². The predicted molar refractivity (Wildman–Crippen MR) is 117 cm³/mol. The number of carboxylic acid groups (broad SMARTS) is 1. The molecule has 3 rings (SSSR count). The maximum atomic E-state index is 11.2. The molecule has 2 atom stereocenters. The average Bonchev–Trinajstić information content (AvgIpc) is 3.16. The fraction of sp³-hybridized carbons (Fsp3) is 0.435. The van der Waals surface area contributed by atoms with Gasteiger partial charge in [-0.25, -0.2) is 0 Å². The molecule has 0 spiro atoms. The van der Waals surface area contributed by atoms with E-state index in [1.807, 2.05) is 24.3 Å². The minimum Gasteiger partial charge on any atom is -0.490 e. The average molecular weight is 416 g/mol. The summed E-state index contributed by atoms with van der Waals surface area (Å²) in [5, 5.41) is 12.3. The first-order valence-corrected chi connectivity index (χ1v) is 10.9. The quantitative estimate of drug-likeness (QED) is 0.647. The maximum absolute atomic E-state index is 11.2. The molecule has 1 saturated heterocycles. The summed E-state index contributed by atoms with van der Waals surface area (Å²) in [7, 11) is 0. The number of para-hydroxylation sites is 2. The van der Waals surface area contributed by atoms with Crippen LogP contribution in [0.1, 0.15) is 42.8 Å². The summed E-state index contributed by atoms with van der Waals surface area (Å²) in [5.74, 6) is 1.40. The van der Waals surface area contributed by atoms with Gasteiger partial charge in [0.2, 0.25) is 0 Å². The Morgan fingerprint density at radius 1 is 1.14 bits per heavy atom. The molecular weight excluding hydrogens is 386 g/mol. The molecule has 2 unspecified atom stereocenters. The third-order valence-electron chi connectivity index (χ3n) is 4.89. The van der Waals surface area contributed by atoms with Crippen molar-refractivity contribution in [3.8, 4) is 11.5 Å². The lowest BCUT2D eigenvalue weighted by Gasteiger charge is -2.24. The summed E-state index contributed by atoms with van der Waals surface area (Å²) in [6.45, 7) is 9.44. The Labute approximate surface area is 176 Å². The first-order chi connectivity index (χ1) is 13.8. The van der Waals surface area contributed by atoms with Crippen LogP contribution >= 0.6 is 11.8 Å². The Morgan fingerprint density at radius 3 is 2.55 bits per heavy atom. The van der Waals surface area contributed by atoms with Crippen molar-refractivity contribution in [1.29, 1.82) is 0 Å². The lowest BCUT2D eigenvalue weighted by Crippen LogP contribution is -2.33. The minimum absolute atomic E-state index is 0.000851. The molecular formula is C23H29NO4S. The van der Waals surface area contributed by atoms with Crippen LogP contribution in [0, 0.1) is 6.92 Å². The zero-order chi connectivity index (χ0) is 21.0. The molecule has 0 radical (unpaired) electrons. The number of nitrogens with one attached hydrogen (secondary N) is 1. The molecule has 2 N–H and O–H groups in total. The van der Waals surface area contributed by atoms with E-state index in [2.05, 4.69) is 51.2 Å². The highest BCUT2D eigenvalue weighted by Gasteiger charge is 2.31. The molecule has 2 aromatic rings. The lowest BCUT2D eigenvalue weighted by molar-refractivity contribution is -0.138. The molecule has 156 valence electrons. The van der Waals surface area contributed by atoms with E-state index in [9.17, 15) is 9.90 Å². The number of hydrogen-bond acceptors (Lipinski definition) is 5. The van der Waals surface area contributed by atoms with Gasteiger partial charge in [0.05, 0.1) is 5.37 Å². The van der Waals surface area contributed by atoms with Crippen molar-refractivity contribution in [2.75, 3.05) is 19.0 Å². The van der Waals surface area contributed by atoms with E-state index in [-0.39, 0.29) is 10.8 Å². The summed E-state index contributed by atoms with van der Waals surface area (Å²) in [6.07, 6.45) is 0. The molecule has 5 nitrogen and oxygen atoms in total. The maximum Gasteiger partial charge on any atom is 0.321 e. The van der Waals surface area contributed by atoms with Gasteiger partial charge >= 0.3 is 5.97 Å². The van der Waals surface area contributed by atoms with Crippen LogP contribution in [0.25, 0.3) is 0 Å². The second-order valence-corrected chi connectivity index (χ2v) is 9.35. The van der Waals surface area contributed by atoms with Crippen LogP contribution in [-0.4, -0.2) is 36.1 Å². The first-order valence-electron chi connectivity index (χ1n) is 9.82. The molecule has 1 aliphatic rings. The van der Waals surface area contributed by atoms with Gasteiger partial charge in [0.25, 0.3) is 0 Å². The number of benzene rings is 2. The fourth-order valence-electron chi connectivity index (χ4n) is 3.35. The van der Waals surface area contributed by atoms with Crippen LogP contribution < -0.4 is 14.8 Å². The van der Waals surface area contributed by atoms with Crippen LogP contribution in [0.4, 0.5) is 0 Å². The SMILES string of the molecule is Cc1cccc(C(C)(C)C)c1OCCOc1ccccc1C1NC(C(=O)O)CS1. The van der Waals surface area contributed by atoms with Crippen LogP contribution in [0.5, 0.6) is 11.5 Å². The summed E-state index contributed by atoms with van der Waals surface area (Å²) in [6, 6.07) is 13.5. The number of carboxylic acids is 1. The Morgan fingerprint density at radius 2 is 1.86 bits per heavy atom. The Hall–Kier alpha value is -2.18. The number of hydrogen-bond donors (Lipinski definition) is 2. The van der Waals surface area contributed by atoms with Crippen LogP contribution in [0.2, 0.25) is 0 Å². The minimum atomic E-state index is -0.820. The van der Waals surface area contributed by atoms with Gasteiger partial charge in [0.1, 0.15) is 30.8 Å². The second kappa shape index (κ2) is 9.09. The zero-order valence-corrected chi connectivity index (χ0v) is 18.2. The van der Waals surface area contributed by atoms with Crippen molar-refractivity contribution in [2.24, 2.45) is 0 Å². The number of rotatable bonds is 7. The van der Waals surface area contributed by atoms with E-state index in [4.69, 9.17) is 9.47 Å². The first kappa shape index (κ1) is 21.5. The molecule has 0 aliphatic carbocycles. The summed E-state index contributed by atoms with van der Waals surface area (Å²) in [5.41, 5.74) is 3.27. The number of ether oxygens (including phenoxy) is 2. The molecule has 2 aromatic carbocycles. The highest BCUT2D eigenvalue weighted by Crippen LogP contribution is 2.38. The monoisotopic (exact) mass is 415 g/mol. The third kappa shape index (κ3) is 5.25. The molecule has 0 bridgehead atoms. The van der Waals surface area contributed by atoms with Gasteiger partial charge in [-0.2, -0.15) is 0 Å². The topological polar surface area (TPSA) is 67.8 Å². The highest BCUT2D eigenvalue weighted by atomic mass is 32.2. The van der Waals surface area contributed by atoms with Crippen molar-refractivity contribution >= 4 is 17.7 Å². The van der Waals surface area contributed by atoms with Gasteiger partial charge in [-0.1, -0.05) is 57.2 Å². The van der Waals surface area contributed by atoms with Gasteiger partial charge < -0.3 is 14.6 Å². The van der Waals surface area contributed by atoms with Crippen LogP contribution in [0.3, 0.4) is 0 Å². The van der Waals surface area contributed by atoms with Crippen LogP contribution in [-0.2, 0) is 10.2 Å². The van der Waals surface area contributed by atoms with Crippen molar-refractivity contribution in [2.45, 2.75) is 44.5 Å². The number of carbonyl (C=O) groups is 1. The van der Waals surface area contributed by atoms with Crippen molar-refractivity contribution < 1.29 is 19.4 Å². The number of thioether (sulfide) groups is 1. The molecule has 1 aliphatic heterocycles. The fourth-order valence-corrected chi connectivity index (χ4v) is 4.61. The zero-order valence-electron chi connectivity index (χ0n) is 17.4. The van der Waals surface area contributed by atoms with E-state index in [1.54, 1.807) is 11.8 Å². The van der Waals surface area contributed by atoms with Gasteiger partial charge in [0, 0.05) is 11.3 Å². The summed E-state index contributed by atoms with van der Waals surface area (Å²) >= 11 is 1.59. The third-order valence-corrected chi connectivity index (χ3v) is 6.14. The van der Waals surface area contributed by atoms with E-state index in [0.717, 1.165) is 22.6 Å². The predicted octanol–water partition coefficient (Wildman–Crippen LogP) is 4.54.